The van der Waals surface area contributed by atoms with Gasteiger partial charge >= 0.3 is 0 Å². The monoisotopic (exact) mass is 317 g/mol. The van der Waals surface area contributed by atoms with Gasteiger partial charge in [-0.2, -0.15) is 5.26 Å². The summed E-state index contributed by atoms with van der Waals surface area (Å²) in [6.07, 6.45) is 5.25. The van der Waals surface area contributed by atoms with Crippen LogP contribution in [0.15, 0.2) is 41.1 Å². The number of aromatic nitrogens is 3. The Hall–Kier alpha value is -3.20. The van der Waals surface area contributed by atoms with Crippen LogP contribution in [-0.4, -0.2) is 21.0 Å². The normalized spacial score (nSPS) is 13.5. The van der Waals surface area contributed by atoms with E-state index in [1.807, 2.05) is 6.07 Å². The van der Waals surface area contributed by atoms with Gasteiger partial charge in [0.2, 0.25) is 5.95 Å². The van der Waals surface area contributed by atoms with Crippen LogP contribution in [0.25, 0.3) is 11.3 Å². The second kappa shape index (κ2) is 5.78. The lowest BCUT2D eigenvalue weighted by molar-refractivity contribution is 0.534. The molecule has 1 N–H and O–H groups in total. The third-order valence-electron chi connectivity index (χ3n) is 4.14. The molecule has 24 heavy (non-hydrogen) atoms. The Morgan fingerprint density at radius 3 is 2.46 bits per heavy atom. The second-order valence-electron chi connectivity index (χ2n) is 5.84. The molecule has 0 fully saturated rings. The first-order chi connectivity index (χ1) is 11.7. The molecular formula is C18H15N5O. The summed E-state index contributed by atoms with van der Waals surface area (Å²) in [5.41, 5.74) is 3.65. The number of nitrogens with zero attached hydrogens (tertiary/aromatic N) is 4. The van der Waals surface area contributed by atoms with E-state index >= 15 is 0 Å². The highest BCUT2D eigenvalue weighted by molar-refractivity contribution is 5.61. The molecule has 3 aromatic rings. The van der Waals surface area contributed by atoms with Crippen LogP contribution in [0.4, 0.5) is 5.95 Å². The molecule has 6 heteroatoms. The van der Waals surface area contributed by atoms with E-state index in [1.54, 1.807) is 19.3 Å². The van der Waals surface area contributed by atoms with E-state index < -0.39 is 0 Å². The Balaban J connectivity index is 1.50. The molecular weight excluding hydrogens is 302 g/mol. The number of fused-ring (bicyclic) bond motifs is 1. The molecule has 0 atom stereocenters. The van der Waals surface area contributed by atoms with Crippen LogP contribution >= 0.6 is 0 Å². The zero-order valence-corrected chi connectivity index (χ0v) is 13.2. The van der Waals surface area contributed by atoms with Crippen molar-refractivity contribution >= 4 is 5.95 Å². The molecule has 118 valence electrons. The van der Waals surface area contributed by atoms with Crippen molar-refractivity contribution < 1.29 is 4.42 Å². The van der Waals surface area contributed by atoms with Gasteiger partial charge in [-0.05, 0) is 24.0 Å². The SMILES string of the molecule is Cc1nc(C#N)c(-c2cnc(NC3Cc4ccccc4C3)nc2)o1. The Kier molecular flexibility index (Phi) is 3.47. The van der Waals surface area contributed by atoms with E-state index in [-0.39, 0.29) is 5.69 Å². The van der Waals surface area contributed by atoms with E-state index in [9.17, 15) is 0 Å². The Morgan fingerprint density at radius 1 is 1.17 bits per heavy atom. The van der Waals surface area contributed by atoms with Crippen molar-refractivity contribution in [1.82, 2.24) is 15.0 Å². The van der Waals surface area contributed by atoms with Crippen molar-refractivity contribution in [3.63, 3.8) is 0 Å². The van der Waals surface area contributed by atoms with Gasteiger partial charge in [-0.3, -0.25) is 0 Å². The van der Waals surface area contributed by atoms with Gasteiger partial charge in [-0.15, -0.1) is 0 Å². The fourth-order valence-corrected chi connectivity index (χ4v) is 3.06. The first-order valence-corrected chi connectivity index (χ1v) is 7.76. The molecule has 4 rings (SSSR count). The molecule has 2 aromatic heterocycles. The predicted molar refractivity (Wildman–Crippen MR) is 88.2 cm³/mol. The summed E-state index contributed by atoms with van der Waals surface area (Å²) in [5, 5.41) is 12.5. The number of aryl methyl sites for hydroxylation is 1. The number of rotatable bonds is 3. The summed E-state index contributed by atoms with van der Waals surface area (Å²) in [7, 11) is 0. The van der Waals surface area contributed by atoms with Gasteiger partial charge in [0.15, 0.2) is 17.3 Å². The van der Waals surface area contributed by atoms with Gasteiger partial charge < -0.3 is 9.73 Å². The van der Waals surface area contributed by atoms with E-state index in [2.05, 4.69) is 44.5 Å². The van der Waals surface area contributed by atoms with Crippen LogP contribution in [0, 0.1) is 18.3 Å². The van der Waals surface area contributed by atoms with Crippen LogP contribution in [0.5, 0.6) is 0 Å². The number of hydrogen-bond acceptors (Lipinski definition) is 6. The minimum Gasteiger partial charge on any atom is -0.439 e. The highest BCUT2D eigenvalue weighted by Gasteiger charge is 2.21. The standard InChI is InChI=1S/C18H15N5O/c1-11-22-16(8-19)17(24-11)14-9-20-18(21-10-14)23-15-6-12-4-2-3-5-13(12)7-15/h2-5,9-10,15H,6-7H2,1H3,(H,20,21,23). The van der Waals surface area contributed by atoms with Gasteiger partial charge in [0.25, 0.3) is 0 Å². The smallest absolute Gasteiger partial charge is 0.222 e. The molecule has 6 nitrogen and oxygen atoms in total. The zero-order valence-electron chi connectivity index (χ0n) is 13.2. The minimum atomic E-state index is 0.253. The quantitative estimate of drug-likeness (QED) is 0.799. The number of nitrogens with one attached hydrogen (secondary N) is 1. The van der Waals surface area contributed by atoms with Crippen molar-refractivity contribution in [2.45, 2.75) is 25.8 Å². The zero-order chi connectivity index (χ0) is 16.5. The fraction of sp³-hybridized carbons (Fsp3) is 0.222. The number of benzene rings is 1. The lowest BCUT2D eigenvalue weighted by atomic mass is 10.1. The number of nitriles is 1. The van der Waals surface area contributed by atoms with E-state index in [0.717, 1.165) is 12.8 Å². The topological polar surface area (TPSA) is 87.6 Å². The first-order valence-electron chi connectivity index (χ1n) is 7.76. The average Bonchev–Trinajstić information content (AvgIpc) is 3.18. The van der Waals surface area contributed by atoms with Gasteiger partial charge in [-0.25, -0.2) is 15.0 Å². The summed E-state index contributed by atoms with van der Waals surface area (Å²) in [5.74, 6) is 1.44. The van der Waals surface area contributed by atoms with Gasteiger partial charge in [-0.1, -0.05) is 24.3 Å². The summed E-state index contributed by atoms with van der Waals surface area (Å²) in [6.45, 7) is 1.71. The van der Waals surface area contributed by atoms with Crippen LogP contribution in [-0.2, 0) is 12.8 Å². The molecule has 0 aliphatic heterocycles. The maximum absolute atomic E-state index is 9.10. The molecule has 0 radical (unpaired) electrons. The number of anilines is 1. The van der Waals surface area contributed by atoms with Crippen LogP contribution < -0.4 is 5.32 Å². The summed E-state index contributed by atoms with van der Waals surface area (Å²) < 4.78 is 5.47. The lowest BCUT2D eigenvalue weighted by Crippen LogP contribution is -2.20. The third kappa shape index (κ3) is 2.61. The van der Waals surface area contributed by atoms with Gasteiger partial charge in [0.05, 0.1) is 5.56 Å². The molecule has 0 saturated heterocycles. The van der Waals surface area contributed by atoms with Crippen LogP contribution in [0.2, 0.25) is 0 Å². The van der Waals surface area contributed by atoms with Crippen LogP contribution in [0.1, 0.15) is 22.7 Å². The molecule has 0 unspecified atom stereocenters. The summed E-state index contributed by atoms with van der Waals surface area (Å²) in [4.78, 5) is 12.7. The molecule has 1 aliphatic carbocycles. The molecule has 0 bridgehead atoms. The van der Waals surface area contributed by atoms with Crippen molar-refractivity contribution in [3.8, 4) is 17.4 Å². The molecule has 0 amide bonds. The summed E-state index contributed by atoms with van der Waals surface area (Å²) >= 11 is 0. The van der Waals surface area contributed by atoms with Crippen molar-refractivity contribution in [3.05, 3.63) is 59.4 Å². The summed E-state index contributed by atoms with van der Waals surface area (Å²) in [6, 6.07) is 10.8. The molecule has 0 saturated carbocycles. The van der Waals surface area contributed by atoms with Crippen LogP contribution in [0.3, 0.4) is 0 Å². The Labute approximate surface area is 139 Å². The average molecular weight is 317 g/mol. The highest BCUT2D eigenvalue weighted by atomic mass is 16.4. The minimum absolute atomic E-state index is 0.253. The van der Waals surface area contributed by atoms with E-state index in [4.69, 9.17) is 9.68 Å². The highest BCUT2D eigenvalue weighted by Crippen LogP contribution is 2.25. The van der Waals surface area contributed by atoms with E-state index in [0.29, 0.717) is 29.2 Å². The van der Waals surface area contributed by atoms with E-state index in [1.165, 1.54) is 11.1 Å². The second-order valence-corrected chi connectivity index (χ2v) is 5.84. The third-order valence-corrected chi connectivity index (χ3v) is 4.14. The van der Waals surface area contributed by atoms with Crippen molar-refractivity contribution in [1.29, 1.82) is 5.26 Å². The Morgan fingerprint density at radius 2 is 1.83 bits per heavy atom. The number of hydrogen-bond donors (Lipinski definition) is 1. The number of oxazole rings is 1. The van der Waals surface area contributed by atoms with Crippen molar-refractivity contribution in [2.24, 2.45) is 0 Å². The predicted octanol–water partition coefficient (Wildman–Crippen LogP) is 2.89. The first kappa shape index (κ1) is 14.4. The maximum atomic E-state index is 9.10. The van der Waals surface area contributed by atoms with Crippen molar-refractivity contribution in [2.75, 3.05) is 5.32 Å². The van der Waals surface area contributed by atoms with Gasteiger partial charge in [0.1, 0.15) is 6.07 Å². The molecule has 0 spiro atoms. The van der Waals surface area contributed by atoms with Gasteiger partial charge in [0, 0.05) is 25.4 Å². The Bertz CT molecular complexity index is 898. The molecule has 1 aliphatic rings. The molecule has 1 aromatic carbocycles. The fourth-order valence-electron chi connectivity index (χ4n) is 3.06. The largest absolute Gasteiger partial charge is 0.439 e. The molecule has 2 heterocycles. The maximum Gasteiger partial charge on any atom is 0.222 e. The lowest BCUT2D eigenvalue weighted by Gasteiger charge is -2.11.